The predicted molar refractivity (Wildman–Crippen MR) is 85.2 cm³/mol. The van der Waals surface area contributed by atoms with E-state index in [1.165, 1.54) is 6.92 Å². The first kappa shape index (κ1) is 16.8. The fourth-order valence-corrected chi connectivity index (χ4v) is 3.10. The molecular weight excluding hydrogens is 304 g/mol. The summed E-state index contributed by atoms with van der Waals surface area (Å²) in [6.07, 6.45) is -0.587. The summed E-state index contributed by atoms with van der Waals surface area (Å²) in [4.78, 5) is 14.2. The highest BCUT2D eigenvalue weighted by molar-refractivity contribution is 7.92. The highest BCUT2D eigenvalue weighted by Crippen LogP contribution is 2.31. The Labute approximate surface area is 131 Å². The van der Waals surface area contributed by atoms with E-state index >= 15 is 0 Å². The van der Waals surface area contributed by atoms with Gasteiger partial charge in [-0.05, 0) is 19.1 Å². The van der Waals surface area contributed by atoms with Gasteiger partial charge in [0.25, 0.3) is 5.91 Å². The number of aliphatic hydroxyl groups is 1. The number of hydrogen-bond donors (Lipinski definition) is 2. The molecule has 1 aromatic carbocycles. The van der Waals surface area contributed by atoms with E-state index in [0.29, 0.717) is 12.1 Å². The van der Waals surface area contributed by atoms with Crippen LogP contribution in [-0.2, 0) is 10.0 Å². The van der Waals surface area contributed by atoms with Crippen LogP contribution in [0.5, 0.6) is 0 Å². The van der Waals surface area contributed by atoms with Crippen LogP contribution in [0.2, 0.25) is 0 Å². The number of sulfonamides is 1. The Bertz CT molecular complexity index is 670. The molecule has 1 aliphatic rings. The summed E-state index contributed by atoms with van der Waals surface area (Å²) in [5.41, 5.74) is 0.200. The number of nitrogens with zero attached hydrogens (tertiary/aromatic N) is 1. The van der Waals surface area contributed by atoms with Crippen LogP contribution in [0.1, 0.15) is 31.1 Å². The van der Waals surface area contributed by atoms with E-state index in [-0.39, 0.29) is 29.3 Å². The second kappa shape index (κ2) is 5.89. The molecule has 1 unspecified atom stereocenters. The second-order valence-corrected chi connectivity index (χ2v) is 8.25. The zero-order valence-corrected chi connectivity index (χ0v) is 13.9. The van der Waals surface area contributed by atoms with Crippen molar-refractivity contribution in [3.63, 3.8) is 0 Å². The molecule has 1 heterocycles. The number of para-hydroxylation sites is 1. The summed E-state index contributed by atoms with van der Waals surface area (Å²) in [5, 5.41) is 10.0. The molecule has 0 aliphatic carbocycles. The van der Waals surface area contributed by atoms with Crippen molar-refractivity contribution in [1.82, 2.24) is 4.90 Å². The topological polar surface area (TPSA) is 86.7 Å². The Kier molecular flexibility index (Phi) is 4.49. The monoisotopic (exact) mass is 326 g/mol. The van der Waals surface area contributed by atoms with Gasteiger partial charge in [-0.15, -0.1) is 0 Å². The molecule has 0 bridgehead atoms. The third-order valence-corrected chi connectivity index (χ3v) is 5.27. The van der Waals surface area contributed by atoms with Gasteiger partial charge in [0.1, 0.15) is 0 Å². The highest BCUT2D eigenvalue weighted by Gasteiger charge is 2.40. The fraction of sp³-hybridized carbons (Fsp3) is 0.533. The summed E-state index contributed by atoms with van der Waals surface area (Å²) in [7, 11) is -3.46. The second-order valence-electron chi connectivity index (χ2n) is 6.24. The molecule has 1 atom stereocenters. The number of benzene rings is 1. The first-order chi connectivity index (χ1) is 10.2. The first-order valence-electron chi connectivity index (χ1n) is 7.23. The van der Waals surface area contributed by atoms with Gasteiger partial charge in [-0.2, -0.15) is 0 Å². The van der Waals surface area contributed by atoms with Gasteiger partial charge in [0, 0.05) is 18.5 Å². The Hall–Kier alpha value is -1.60. The van der Waals surface area contributed by atoms with Crippen LogP contribution < -0.4 is 4.72 Å². The number of aliphatic hydroxyl groups excluding tert-OH is 1. The van der Waals surface area contributed by atoms with E-state index in [9.17, 15) is 18.3 Å². The molecule has 0 spiro atoms. The zero-order valence-electron chi connectivity index (χ0n) is 13.0. The van der Waals surface area contributed by atoms with Crippen molar-refractivity contribution in [1.29, 1.82) is 0 Å². The lowest BCUT2D eigenvalue weighted by atomic mass is 9.90. The largest absolute Gasteiger partial charge is 0.391 e. The van der Waals surface area contributed by atoms with Crippen molar-refractivity contribution in [2.75, 3.05) is 23.6 Å². The van der Waals surface area contributed by atoms with Crippen LogP contribution >= 0.6 is 0 Å². The lowest BCUT2D eigenvalue weighted by Gasteiger charge is -2.21. The zero-order chi connectivity index (χ0) is 16.5. The summed E-state index contributed by atoms with van der Waals surface area (Å²) < 4.78 is 25.9. The Morgan fingerprint density at radius 1 is 1.41 bits per heavy atom. The molecule has 1 amide bonds. The first-order valence-corrected chi connectivity index (χ1v) is 8.88. The van der Waals surface area contributed by atoms with Gasteiger partial charge < -0.3 is 10.0 Å². The molecule has 22 heavy (non-hydrogen) atoms. The molecule has 122 valence electrons. The Balaban J connectivity index is 2.28. The average Bonchev–Trinajstić information content (AvgIpc) is 2.72. The smallest absolute Gasteiger partial charge is 0.256 e. The van der Waals surface area contributed by atoms with Crippen LogP contribution in [0.15, 0.2) is 24.3 Å². The number of carbonyl (C=O) groups is 1. The average molecular weight is 326 g/mol. The minimum Gasteiger partial charge on any atom is -0.391 e. The van der Waals surface area contributed by atoms with Crippen LogP contribution in [-0.4, -0.2) is 49.3 Å². The molecule has 2 rings (SSSR count). The van der Waals surface area contributed by atoms with Crippen molar-refractivity contribution >= 4 is 21.6 Å². The van der Waals surface area contributed by atoms with Crippen molar-refractivity contribution in [2.24, 2.45) is 5.41 Å². The van der Waals surface area contributed by atoms with Crippen molar-refractivity contribution in [3.05, 3.63) is 29.8 Å². The number of nitrogens with one attached hydrogen (secondary N) is 1. The Morgan fingerprint density at radius 3 is 2.59 bits per heavy atom. The van der Waals surface area contributed by atoms with E-state index in [1.807, 2.05) is 13.8 Å². The third-order valence-electron chi connectivity index (χ3n) is 3.98. The number of β-amino-alcohol motifs (C(OH)–C–C–N with tert-alkyl or cyclic N) is 1. The molecule has 1 aliphatic heterocycles. The fourth-order valence-electron chi connectivity index (χ4n) is 2.44. The maximum Gasteiger partial charge on any atom is 0.256 e. The van der Waals surface area contributed by atoms with Gasteiger partial charge in [0.2, 0.25) is 10.0 Å². The van der Waals surface area contributed by atoms with Crippen molar-refractivity contribution in [3.8, 4) is 0 Å². The number of carbonyl (C=O) groups excluding carboxylic acids is 1. The van der Waals surface area contributed by atoms with Crippen LogP contribution in [0.25, 0.3) is 0 Å². The molecule has 1 saturated heterocycles. The highest BCUT2D eigenvalue weighted by atomic mass is 32.2. The van der Waals surface area contributed by atoms with Crippen molar-refractivity contribution in [2.45, 2.75) is 26.9 Å². The quantitative estimate of drug-likeness (QED) is 0.873. The maximum absolute atomic E-state index is 12.7. The number of hydrogen-bond acceptors (Lipinski definition) is 4. The van der Waals surface area contributed by atoms with E-state index < -0.39 is 16.1 Å². The molecule has 2 N–H and O–H groups in total. The molecule has 1 aromatic rings. The normalized spacial score (nSPS) is 20.9. The summed E-state index contributed by atoms with van der Waals surface area (Å²) in [6, 6.07) is 6.52. The van der Waals surface area contributed by atoms with E-state index in [0.717, 1.165) is 0 Å². The number of likely N-dealkylation sites (tertiary alicyclic amines) is 1. The van der Waals surface area contributed by atoms with Gasteiger partial charge in [-0.3, -0.25) is 9.52 Å². The Morgan fingerprint density at radius 2 is 2.05 bits per heavy atom. The molecule has 0 radical (unpaired) electrons. The van der Waals surface area contributed by atoms with Gasteiger partial charge in [0.15, 0.2) is 0 Å². The van der Waals surface area contributed by atoms with E-state index in [1.54, 1.807) is 29.2 Å². The van der Waals surface area contributed by atoms with Gasteiger partial charge >= 0.3 is 0 Å². The molecule has 1 fully saturated rings. The summed E-state index contributed by atoms with van der Waals surface area (Å²) in [5.74, 6) is -0.343. The SMILES string of the molecule is CCS(=O)(=O)Nc1ccccc1C(=O)N1CC(O)C(C)(C)C1. The van der Waals surface area contributed by atoms with E-state index in [2.05, 4.69) is 4.72 Å². The molecule has 0 saturated carbocycles. The lowest BCUT2D eigenvalue weighted by Crippen LogP contribution is -2.31. The number of amides is 1. The molecule has 7 heteroatoms. The predicted octanol–water partition coefficient (Wildman–Crippen LogP) is 1.29. The minimum absolute atomic E-state index is 0.0645. The third kappa shape index (κ3) is 3.41. The van der Waals surface area contributed by atoms with Gasteiger partial charge in [-0.25, -0.2) is 8.42 Å². The molecule has 0 aromatic heterocycles. The molecule has 6 nitrogen and oxygen atoms in total. The van der Waals surface area contributed by atoms with Crippen LogP contribution in [0.3, 0.4) is 0 Å². The van der Waals surface area contributed by atoms with Crippen LogP contribution in [0.4, 0.5) is 5.69 Å². The lowest BCUT2D eigenvalue weighted by molar-refractivity contribution is 0.0763. The maximum atomic E-state index is 12.7. The van der Waals surface area contributed by atoms with Crippen molar-refractivity contribution < 1.29 is 18.3 Å². The standard InChI is InChI=1S/C15H22N2O4S/c1-4-22(20,21)16-12-8-6-5-7-11(12)14(19)17-9-13(18)15(2,3)10-17/h5-8,13,16,18H,4,9-10H2,1-3H3. The molecular formula is C15H22N2O4S. The minimum atomic E-state index is -3.46. The van der Waals surface area contributed by atoms with Gasteiger partial charge in [0.05, 0.1) is 23.1 Å². The van der Waals surface area contributed by atoms with Crippen LogP contribution in [0, 0.1) is 5.41 Å². The van der Waals surface area contributed by atoms with E-state index in [4.69, 9.17) is 0 Å². The van der Waals surface area contributed by atoms with Gasteiger partial charge in [-0.1, -0.05) is 26.0 Å². The number of anilines is 1. The number of rotatable bonds is 4. The summed E-state index contributed by atoms with van der Waals surface area (Å²) >= 11 is 0. The summed E-state index contributed by atoms with van der Waals surface area (Å²) in [6.45, 7) is 6.02.